The van der Waals surface area contributed by atoms with Gasteiger partial charge in [0.05, 0.1) is 11.5 Å². The Balaban J connectivity index is 0.00000441. The number of rotatable bonds is 6. The molecule has 22 heavy (non-hydrogen) atoms. The molecule has 0 fully saturated rings. The van der Waals surface area contributed by atoms with Crippen LogP contribution in [-0.4, -0.2) is 37.3 Å². The average molecular weight is 334 g/mol. The number of hydrogen-bond donors (Lipinski definition) is 1. The van der Waals surface area contributed by atoms with E-state index >= 15 is 0 Å². The van der Waals surface area contributed by atoms with Crippen LogP contribution in [0.2, 0.25) is 0 Å². The molecule has 0 unspecified atom stereocenters. The number of aliphatic hydroxyl groups is 1. The van der Waals surface area contributed by atoms with Gasteiger partial charge < -0.3 is 14.4 Å². The molecule has 1 N–H and O–H groups in total. The van der Waals surface area contributed by atoms with E-state index in [0.717, 1.165) is 0 Å². The molecule has 0 atom stereocenters. The van der Waals surface area contributed by atoms with Gasteiger partial charge in [0.2, 0.25) is 0 Å². The summed E-state index contributed by atoms with van der Waals surface area (Å²) in [6, 6.07) is 5.39. The van der Waals surface area contributed by atoms with E-state index in [1.165, 1.54) is 30.3 Å². The fraction of sp³-hybridized carbons (Fsp3) is 0.214. The molecule has 0 amide bonds. The monoisotopic (exact) mass is 334 g/mol. The summed E-state index contributed by atoms with van der Waals surface area (Å²) >= 11 is 0. The molecule has 0 radical (unpaired) electrons. The first-order chi connectivity index (χ1) is 9.84. The average Bonchev–Trinajstić information content (AvgIpc) is 2.44. The molecule has 8 heteroatoms. The maximum absolute atomic E-state index is 11.4. The first kappa shape index (κ1) is 21.0. The van der Waals surface area contributed by atoms with Crippen LogP contribution in [0.15, 0.2) is 46.9 Å². The summed E-state index contributed by atoms with van der Waals surface area (Å²) in [4.78, 5) is 11.1. The van der Waals surface area contributed by atoms with Crippen LogP contribution in [0.25, 0.3) is 6.08 Å². The zero-order chi connectivity index (χ0) is 15.9. The predicted molar refractivity (Wildman–Crippen MR) is 75.2 cm³/mol. The smallest absolute Gasteiger partial charge is 0.744 e. The van der Waals surface area contributed by atoms with Crippen LogP contribution < -0.4 is 29.6 Å². The zero-order valence-electron chi connectivity index (χ0n) is 12.4. The van der Waals surface area contributed by atoms with Crippen molar-refractivity contribution in [2.75, 3.05) is 13.2 Å². The van der Waals surface area contributed by atoms with Crippen molar-refractivity contribution in [2.45, 2.75) is 11.8 Å². The van der Waals surface area contributed by atoms with Gasteiger partial charge in [0.15, 0.2) is 0 Å². The SMILES string of the molecule is CC(=CC=Cc1ccc(S(=O)(=O)[O-])cc1)C(=O)OCCO.[Na+]. The summed E-state index contributed by atoms with van der Waals surface area (Å²) < 4.78 is 37.0. The van der Waals surface area contributed by atoms with Crippen molar-refractivity contribution >= 4 is 22.2 Å². The Morgan fingerprint density at radius 2 is 1.91 bits per heavy atom. The first-order valence-electron chi connectivity index (χ1n) is 6.03. The van der Waals surface area contributed by atoms with Gasteiger partial charge in [-0.05, 0) is 24.6 Å². The molecule has 0 aliphatic heterocycles. The number of esters is 1. The maximum Gasteiger partial charge on any atom is 1.00 e. The minimum absolute atomic E-state index is 0. The van der Waals surface area contributed by atoms with Crippen LogP contribution in [0.5, 0.6) is 0 Å². The third-order valence-electron chi connectivity index (χ3n) is 2.45. The van der Waals surface area contributed by atoms with Gasteiger partial charge in [0.25, 0.3) is 0 Å². The second kappa shape index (κ2) is 9.94. The normalized spacial score (nSPS) is 12.0. The third-order valence-corrected chi connectivity index (χ3v) is 3.30. The van der Waals surface area contributed by atoms with E-state index < -0.39 is 16.1 Å². The quantitative estimate of drug-likeness (QED) is 0.214. The number of ether oxygens (including phenoxy) is 1. The van der Waals surface area contributed by atoms with Crippen LogP contribution in [-0.2, 0) is 19.6 Å². The van der Waals surface area contributed by atoms with Crippen LogP contribution in [0.4, 0.5) is 0 Å². The van der Waals surface area contributed by atoms with Crippen LogP contribution in [0.1, 0.15) is 12.5 Å². The number of carbonyl (C=O) groups is 1. The van der Waals surface area contributed by atoms with Crippen LogP contribution in [0, 0.1) is 0 Å². The molecule has 1 aromatic carbocycles. The van der Waals surface area contributed by atoms with E-state index in [9.17, 15) is 17.8 Å². The van der Waals surface area contributed by atoms with Gasteiger partial charge in [0, 0.05) is 5.57 Å². The third kappa shape index (κ3) is 7.35. The van der Waals surface area contributed by atoms with Crippen molar-refractivity contribution in [1.29, 1.82) is 0 Å². The van der Waals surface area contributed by atoms with E-state index in [1.54, 1.807) is 19.1 Å². The molecule has 0 bridgehead atoms. The Hall–Kier alpha value is -0.960. The molecule has 0 heterocycles. The van der Waals surface area contributed by atoms with Crippen molar-refractivity contribution in [1.82, 2.24) is 0 Å². The van der Waals surface area contributed by atoms with E-state index in [-0.39, 0.29) is 47.7 Å². The number of allylic oxidation sites excluding steroid dienone is 2. The van der Waals surface area contributed by atoms with Gasteiger partial charge in [0.1, 0.15) is 16.7 Å². The van der Waals surface area contributed by atoms with Crippen molar-refractivity contribution in [3.8, 4) is 0 Å². The van der Waals surface area contributed by atoms with E-state index in [2.05, 4.69) is 0 Å². The van der Waals surface area contributed by atoms with Gasteiger partial charge in [-0.15, -0.1) is 0 Å². The molecule has 1 rings (SSSR count). The van der Waals surface area contributed by atoms with Gasteiger partial charge in [-0.2, -0.15) is 0 Å². The Labute approximate surface area is 151 Å². The summed E-state index contributed by atoms with van der Waals surface area (Å²) in [6.45, 7) is 1.28. The fourth-order valence-electron chi connectivity index (χ4n) is 1.37. The van der Waals surface area contributed by atoms with Crippen LogP contribution in [0.3, 0.4) is 0 Å². The Morgan fingerprint density at radius 1 is 1.32 bits per heavy atom. The second-order valence-electron chi connectivity index (χ2n) is 4.09. The zero-order valence-corrected chi connectivity index (χ0v) is 15.2. The minimum atomic E-state index is -4.44. The standard InChI is InChI=1S/C14H16O6S.Na/c1-11(14(16)20-10-9-15)3-2-4-12-5-7-13(8-6-12)21(17,18)19;/h2-8,15H,9-10H2,1H3,(H,17,18,19);/q;+1/p-1. The number of aliphatic hydroxyl groups excluding tert-OH is 1. The summed E-state index contributed by atoms with van der Waals surface area (Å²) in [5.41, 5.74) is 1.04. The molecule has 0 aliphatic carbocycles. The number of benzene rings is 1. The topological polar surface area (TPSA) is 104 Å². The first-order valence-corrected chi connectivity index (χ1v) is 7.44. The largest absolute Gasteiger partial charge is 1.00 e. The number of carbonyl (C=O) groups excluding carboxylic acids is 1. The molecule has 0 aliphatic rings. The number of hydrogen-bond acceptors (Lipinski definition) is 6. The Morgan fingerprint density at radius 3 is 2.41 bits per heavy atom. The predicted octanol–water partition coefficient (Wildman–Crippen LogP) is -1.91. The summed E-state index contributed by atoms with van der Waals surface area (Å²) in [5.74, 6) is -0.526. The molecule has 0 aromatic heterocycles. The van der Waals surface area contributed by atoms with Crippen molar-refractivity contribution in [2.24, 2.45) is 0 Å². The van der Waals surface area contributed by atoms with Gasteiger partial charge in [-0.3, -0.25) is 0 Å². The van der Waals surface area contributed by atoms with Crippen molar-refractivity contribution in [3.63, 3.8) is 0 Å². The molecule has 6 nitrogen and oxygen atoms in total. The van der Waals surface area contributed by atoms with E-state index in [4.69, 9.17) is 9.84 Å². The van der Waals surface area contributed by atoms with E-state index in [0.29, 0.717) is 11.1 Å². The molecular weight excluding hydrogens is 319 g/mol. The van der Waals surface area contributed by atoms with Gasteiger partial charge >= 0.3 is 35.5 Å². The molecular formula is C14H15NaO6S. The Bertz CT molecular complexity index is 646. The van der Waals surface area contributed by atoms with E-state index in [1.807, 2.05) is 0 Å². The summed E-state index contributed by atoms with van der Waals surface area (Å²) in [6.07, 6.45) is 4.76. The molecule has 0 spiro atoms. The second-order valence-corrected chi connectivity index (χ2v) is 5.47. The molecule has 1 aromatic rings. The summed E-state index contributed by atoms with van der Waals surface area (Å²) in [7, 11) is -4.44. The Kier molecular flexibility index (Phi) is 9.50. The summed E-state index contributed by atoms with van der Waals surface area (Å²) in [5, 5.41) is 8.53. The van der Waals surface area contributed by atoms with Gasteiger partial charge in [-0.1, -0.05) is 30.4 Å². The molecule has 0 saturated carbocycles. The maximum atomic E-state index is 11.4. The minimum Gasteiger partial charge on any atom is -0.744 e. The van der Waals surface area contributed by atoms with Gasteiger partial charge in [-0.25, -0.2) is 13.2 Å². The molecule has 114 valence electrons. The fourth-order valence-corrected chi connectivity index (χ4v) is 1.84. The van der Waals surface area contributed by atoms with Crippen molar-refractivity contribution < 1.29 is 57.2 Å². The van der Waals surface area contributed by atoms with Crippen molar-refractivity contribution in [3.05, 3.63) is 47.6 Å². The molecule has 0 saturated heterocycles. The van der Waals surface area contributed by atoms with Crippen LogP contribution >= 0.6 is 0 Å².